The lowest BCUT2D eigenvalue weighted by Crippen LogP contribution is -1.92. The summed E-state index contributed by atoms with van der Waals surface area (Å²) in [6.45, 7) is 0. The van der Waals surface area contributed by atoms with E-state index < -0.39 is 5.82 Å². The summed E-state index contributed by atoms with van der Waals surface area (Å²) in [5.74, 6) is 0.600. The number of rotatable bonds is 3. The van der Waals surface area contributed by atoms with Gasteiger partial charge >= 0.3 is 0 Å². The second kappa shape index (κ2) is 5.14. The molecule has 0 unspecified atom stereocenters. The molecule has 0 saturated heterocycles. The average molecular weight is 298 g/mol. The molecule has 17 heavy (non-hydrogen) atoms. The van der Waals surface area contributed by atoms with E-state index in [1.165, 1.54) is 18.3 Å². The maximum atomic E-state index is 13.3. The highest BCUT2D eigenvalue weighted by molar-refractivity contribution is 9.10. The van der Waals surface area contributed by atoms with Crippen molar-refractivity contribution in [1.82, 2.24) is 4.98 Å². The molecule has 1 aromatic carbocycles. The molecule has 0 N–H and O–H groups in total. The van der Waals surface area contributed by atoms with Crippen molar-refractivity contribution < 1.29 is 13.9 Å². The van der Waals surface area contributed by atoms with Crippen LogP contribution < -0.4 is 9.47 Å². The molecule has 0 radical (unpaired) electrons. The Kier molecular flexibility index (Phi) is 3.58. The molecule has 2 rings (SSSR count). The normalized spacial score (nSPS) is 10.1. The zero-order valence-electron chi connectivity index (χ0n) is 8.98. The van der Waals surface area contributed by atoms with E-state index in [-0.39, 0.29) is 5.88 Å². The second-order valence-electron chi connectivity index (χ2n) is 3.19. The predicted molar refractivity (Wildman–Crippen MR) is 65.0 cm³/mol. The minimum absolute atomic E-state index is 0.0571. The van der Waals surface area contributed by atoms with Crippen LogP contribution in [0.25, 0.3) is 0 Å². The first kappa shape index (κ1) is 11.9. The van der Waals surface area contributed by atoms with Crippen molar-refractivity contribution in [2.24, 2.45) is 0 Å². The molecule has 1 heterocycles. The number of halogens is 2. The number of nitrogens with zero attached hydrogens (tertiary/aromatic N) is 1. The van der Waals surface area contributed by atoms with Gasteiger partial charge in [0.1, 0.15) is 11.5 Å². The van der Waals surface area contributed by atoms with Crippen molar-refractivity contribution in [3.05, 3.63) is 46.8 Å². The van der Waals surface area contributed by atoms with E-state index in [1.807, 2.05) is 0 Å². The zero-order valence-corrected chi connectivity index (χ0v) is 10.6. The van der Waals surface area contributed by atoms with Crippen LogP contribution in [0.3, 0.4) is 0 Å². The largest absolute Gasteiger partial charge is 0.497 e. The van der Waals surface area contributed by atoms with Crippen molar-refractivity contribution in [3.63, 3.8) is 0 Å². The van der Waals surface area contributed by atoms with Crippen LogP contribution >= 0.6 is 15.9 Å². The van der Waals surface area contributed by atoms with Gasteiger partial charge in [0.15, 0.2) is 5.82 Å². The number of benzene rings is 1. The molecule has 3 nitrogen and oxygen atoms in total. The maximum Gasteiger partial charge on any atom is 0.255 e. The maximum absolute atomic E-state index is 13.3. The van der Waals surface area contributed by atoms with Crippen LogP contribution in [0, 0.1) is 5.82 Å². The Labute approximate surface area is 106 Å². The third-order valence-corrected chi connectivity index (χ3v) is 2.69. The summed E-state index contributed by atoms with van der Waals surface area (Å²) < 4.78 is 24.4. The van der Waals surface area contributed by atoms with Gasteiger partial charge in [-0.25, -0.2) is 9.37 Å². The first-order chi connectivity index (χ1) is 8.20. The molecule has 0 spiro atoms. The minimum Gasteiger partial charge on any atom is -0.497 e. The number of pyridine rings is 1. The third kappa shape index (κ3) is 2.74. The number of ether oxygens (including phenoxy) is 2. The van der Waals surface area contributed by atoms with Gasteiger partial charge in [-0.1, -0.05) is 0 Å². The highest BCUT2D eigenvalue weighted by Crippen LogP contribution is 2.32. The smallest absolute Gasteiger partial charge is 0.255 e. The fraction of sp³-hybridized carbons (Fsp3) is 0.0833. The summed E-state index contributed by atoms with van der Waals surface area (Å²) in [5.41, 5.74) is 0. The van der Waals surface area contributed by atoms with Gasteiger partial charge in [-0.2, -0.15) is 0 Å². The Bertz CT molecular complexity index is 534. The van der Waals surface area contributed by atoms with Gasteiger partial charge < -0.3 is 9.47 Å². The number of aromatic nitrogens is 1. The molecule has 0 bridgehead atoms. The highest BCUT2D eigenvalue weighted by Gasteiger charge is 2.08. The van der Waals surface area contributed by atoms with E-state index >= 15 is 0 Å². The molecular weight excluding hydrogens is 289 g/mol. The summed E-state index contributed by atoms with van der Waals surface area (Å²) in [5, 5.41) is 0. The first-order valence-corrected chi connectivity index (χ1v) is 5.62. The van der Waals surface area contributed by atoms with Crippen LogP contribution in [0.15, 0.2) is 41.0 Å². The zero-order chi connectivity index (χ0) is 12.3. The third-order valence-electron chi connectivity index (χ3n) is 2.07. The van der Waals surface area contributed by atoms with E-state index in [2.05, 4.69) is 20.9 Å². The van der Waals surface area contributed by atoms with E-state index in [9.17, 15) is 4.39 Å². The van der Waals surface area contributed by atoms with Crippen molar-refractivity contribution in [2.45, 2.75) is 0 Å². The van der Waals surface area contributed by atoms with Gasteiger partial charge in [0, 0.05) is 6.20 Å². The fourth-order valence-corrected chi connectivity index (χ4v) is 1.68. The van der Waals surface area contributed by atoms with Crippen LogP contribution in [0.5, 0.6) is 17.4 Å². The van der Waals surface area contributed by atoms with Crippen molar-refractivity contribution >= 4 is 15.9 Å². The highest BCUT2D eigenvalue weighted by atomic mass is 79.9. The van der Waals surface area contributed by atoms with Gasteiger partial charge in [-0.15, -0.1) is 0 Å². The van der Waals surface area contributed by atoms with Gasteiger partial charge in [0.05, 0.1) is 11.6 Å². The first-order valence-electron chi connectivity index (χ1n) is 4.82. The lowest BCUT2D eigenvalue weighted by atomic mass is 10.3. The number of hydrogen-bond donors (Lipinski definition) is 0. The molecule has 0 fully saturated rings. The Balaban J connectivity index is 2.28. The Morgan fingerprint density at radius 3 is 2.76 bits per heavy atom. The number of hydrogen-bond acceptors (Lipinski definition) is 3. The molecule has 0 aliphatic heterocycles. The van der Waals surface area contributed by atoms with Crippen LogP contribution in [0.2, 0.25) is 0 Å². The monoisotopic (exact) mass is 297 g/mol. The molecule has 5 heteroatoms. The average Bonchev–Trinajstić information content (AvgIpc) is 2.34. The molecule has 1 aromatic heterocycles. The SMILES string of the molecule is COc1ccc(Oc2ncccc2F)c(Br)c1. The molecule has 2 aromatic rings. The van der Waals surface area contributed by atoms with E-state index in [4.69, 9.17) is 9.47 Å². The van der Waals surface area contributed by atoms with E-state index in [0.717, 1.165) is 0 Å². The molecule has 0 amide bonds. The summed E-state index contributed by atoms with van der Waals surface area (Å²) in [6.07, 6.45) is 1.47. The number of methoxy groups -OCH3 is 1. The Hall–Kier alpha value is -1.62. The van der Waals surface area contributed by atoms with Gasteiger partial charge in [0.25, 0.3) is 5.88 Å². The predicted octanol–water partition coefficient (Wildman–Crippen LogP) is 3.78. The Morgan fingerprint density at radius 2 is 2.12 bits per heavy atom. The molecule has 0 saturated carbocycles. The molecule has 0 aliphatic carbocycles. The lowest BCUT2D eigenvalue weighted by molar-refractivity contribution is 0.406. The van der Waals surface area contributed by atoms with Crippen LogP contribution in [-0.2, 0) is 0 Å². The summed E-state index contributed by atoms with van der Waals surface area (Å²) >= 11 is 3.31. The second-order valence-corrected chi connectivity index (χ2v) is 4.04. The standard InChI is InChI=1S/C12H9BrFNO2/c1-16-8-4-5-11(9(13)7-8)17-12-10(14)3-2-6-15-12/h2-7H,1H3. The lowest BCUT2D eigenvalue weighted by Gasteiger charge is -2.08. The molecule has 0 atom stereocenters. The molecule has 88 valence electrons. The molecule has 0 aliphatic rings. The molecular formula is C12H9BrFNO2. The summed E-state index contributed by atoms with van der Waals surface area (Å²) in [6, 6.07) is 7.93. The van der Waals surface area contributed by atoms with Crippen LogP contribution in [0.4, 0.5) is 4.39 Å². The van der Waals surface area contributed by atoms with Gasteiger partial charge in [-0.05, 0) is 46.3 Å². The van der Waals surface area contributed by atoms with Crippen LogP contribution in [-0.4, -0.2) is 12.1 Å². The van der Waals surface area contributed by atoms with E-state index in [0.29, 0.717) is 16.0 Å². The van der Waals surface area contributed by atoms with Gasteiger partial charge in [-0.3, -0.25) is 0 Å². The van der Waals surface area contributed by atoms with Gasteiger partial charge in [0.2, 0.25) is 0 Å². The summed E-state index contributed by atoms with van der Waals surface area (Å²) in [7, 11) is 1.57. The van der Waals surface area contributed by atoms with Crippen molar-refractivity contribution in [2.75, 3.05) is 7.11 Å². The quantitative estimate of drug-likeness (QED) is 0.864. The topological polar surface area (TPSA) is 31.4 Å². The van der Waals surface area contributed by atoms with Crippen molar-refractivity contribution in [1.29, 1.82) is 0 Å². The van der Waals surface area contributed by atoms with E-state index in [1.54, 1.807) is 25.3 Å². The Morgan fingerprint density at radius 1 is 1.29 bits per heavy atom. The summed E-state index contributed by atoms with van der Waals surface area (Å²) in [4.78, 5) is 3.81. The fourth-order valence-electron chi connectivity index (χ4n) is 1.24. The minimum atomic E-state index is -0.504. The van der Waals surface area contributed by atoms with Crippen molar-refractivity contribution in [3.8, 4) is 17.4 Å². The van der Waals surface area contributed by atoms with Crippen LogP contribution in [0.1, 0.15) is 0 Å².